The molecular weight excluding hydrogens is 410 g/mol. The number of rotatable bonds is 5. The SMILES string of the molecule is CCCCc1ccc(C(=O)O[C@H]2CC[C@H]3[C@@H]4CCC5=CC(=O)CC[C@]5(C)[C@H]4CC[C@]23C)nc1. The summed E-state index contributed by atoms with van der Waals surface area (Å²) in [6, 6.07) is 3.85. The van der Waals surface area contributed by atoms with E-state index in [-0.39, 0.29) is 22.9 Å². The summed E-state index contributed by atoms with van der Waals surface area (Å²) in [5.74, 6) is 2.00. The van der Waals surface area contributed by atoms with E-state index in [9.17, 15) is 9.59 Å². The van der Waals surface area contributed by atoms with Gasteiger partial charge >= 0.3 is 5.97 Å². The number of nitrogens with zero attached hydrogens (tertiary/aromatic N) is 1. The molecule has 0 unspecified atom stereocenters. The molecule has 0 aromatic carbocycles. The molecule has 4 nitrogen and oxygen atoms in total. The van der Waals surface area contributed by atoms with Crippen LogP contribution in [0.2, 0.25) is 0 Å². The topological polar surface area (TPSA) is 56.3 Å². The highest BCUT2D eigenvalue weighted by atomic mass is 16.5. The van der Waals surface area contributed by atoms with E-state index in [2.05, 4.69) is 25.8 Å². The number of esters is 1. The van der Waals surface area contributed by atoms with Gasteiger partial charge in [0.05, 0.1) is 0 Å². The molecule has 1 aromatic rings. The first-order valence-corrected chi connectivity index (χ1v) is 13.2. The lowest BCUT2D eigenvalue weighted by atomic mass is 9.47. The maximum Gasteiger partial charge on any atom is 0.357 e. The summed E-state index contributed by atoms with van der Waals surface area (Å²) in [7, 11) is 0. The van der Waals surface area contributed by atoms with Crippen LogP contribution >= 0.6 is 0 Å². The van der Waals surface area contributed by atoms with Gasteiger partial charge in [0, 0.05) is 18.0 Å². The number of allylic oxidation sites excluding steroid dienone is 1. The van der Waals surface area contributed by atoms with Gasteiger partial charge in [-0.1, -0.05) is 38.8 Å². The van der Waals surface area contributed by atoms with Crippen molar-refractivity contribution in [2.24, 2.45) is 28.6 Å². The number of fused-ring (bicyclic) bond motifs is 5. The number of hydrogen-bond acceptors (Lipinski definition) is 4. The van der Waals surface area contributed by atoms with Gasteiger partial charge in [0.1, 0.15) is 11.8 Å². The Morgan fingerprint density at radius 3 is 2.70 bits per heavy atom. The fourth-order valence-electron chi connectivity index (χ4n) is 7.97. The minimum Gasteiger partial charge on any atom is -0.457 e. The number of pyridine rings is 1. The molecule has 0 spiro atoms. The van der Waals surface area contributed by atoms with E-state index in [1.807, 2.05) is 24.4 Å². The Morgan fingerprint density at radius 1 is 1.09 bits per heavy atom. The van der Waals surface area contributed by atoms with Gasteiger partial charge in [0.2, 0.25) is 0 Å². The molecule has 3 saturated carbocycles. The van der Waals surface area contributed by atoms with Gasteiger partial charge in [0.15, 0.2) is 5.78 Å². The quantitative estimate of drug-likeness (QED) is 0.483. The van der Waals surface area contributed by atoms with Crippen LogP contribution in [0.15, 0.2) is 30.0 Å². The Labute approximate surface area is 198 Å². The molecule has 0 amide bonds. The first-order valence-electron chi connectivity index (χ1n) is 13.2. The molecule has 178 valence electrons. The van der Waals surface area contributed by atoms with Gasteiger partial charge in [-0.3, -0.25) is 4.79 Å². The minimum atomic E-state index is -0.266. The molecular formula is C29H39NO3. The van der Waals surface area contributed by atoms with Crippen molar-refractivity contribution in [1.29, 1.82) is 0 Å². The average Bonchev–Trinajstić information content (AvgIpc) is 3.14. The third-order valence-electron chi connectivity index (χ3n) is 9.98. The molecule has 3 fully saturated rings. The highest BCUT2D eigenvalue weighted by Crippen LogP contribution is 2.65. The lowest BCUT2D eigenvalue weighted by Gasteiger charge is -2.57. The summed E-state index contributed by atoms with van der Waals surface area (Å²) >= 11 is 0. The molecule has 0 N–H and O–H groups in total. The number of ketones is 1. The summed E-state index contributed by atoms with van der Waals surface area (Å²) in [5.41, 5.74) is 3.28. The van der Waals surface area contributed by atoms with E-state index in [0.717, 1.165) is 51.4 Å². The van der Waals surface area contributed by atoms with Gasteiger partial charge in [-0.2, -0.15) is 0 Å². The minimum absolute atomic E-state index is 0.0183. The summed E-state index contributed by atoms with van der Waals surface area (Å²) < 4.78 is 6.16. The lowest BCUT2D eigenvalue weighted by Crippen LogP contribution is -2.51. The predicted octanol–water partition coefficient (Wildman–Crippen LogP) is 6.48. The van der Waals surface area contributed by atoms with Crippen molar-refractivity contribution >= 4 is 11.8 Å². The number of aryl methyl sites for hydroxylation is 1. The maximum atomic E-state index is 13.0. The molecule has 6 atom stereocenters. The third kappa shape index (κ3) is 3.88. The summed E-state index contributed by atoms with van der Waals surface area (Å²) in [5, 5.41) is 0. The number of unbranched alkanes of at least 4 members (excludes halogenated alkanes) is 1. The van der Waals surface area contributed by atoms with Crippen LogP contribution in [-0.4, -0.2) is 22.8 Å². The Balaban J connectivity index is 1.29. The molecule has 1 aromatic heterocycles. The zero-order valence-corrected chi connectivity index (χ0v) is 20.6. The number of carbonyl (C=O) groups excluding carboxylic acids is 2. The molecule has 0 radical (unpaired) electrons. The number of ether oxygens (including phenoxy) is 1. The third-order valence-corrected chi connectivity index (χ3v) is 9.98. The van der Waals surface area contributed by atoms with Crippen LogP contribution in [-0.2, 0) is 16.0 Å². The van der Waals surface area contributed by atoms with Crippen molar-refractivity contribution in [3.05, 3.63) is 41.2 Å². The van der Waals surface area contributed by atoms with Crippen molar-refractivity contribution in [3.63, 3.8) is 0 Å². The van der Waals surface area contributed by atoms with Crippen LogP contribution in [0.4, 0.5) is 0 Å². The Morgan fingerprint density at radius 2 is 1.94 bits per heavy atom. The molecule has 5 rings (SSSR count). The van der Waals surface area contributed by atoms with Crippen LogP contribution in [0, 0.1) is 28.6 Å². The monoisotopic (exact) mass is 449 g/mol. The van der Waals surface area contributed by atoms with Crippen molar-refractivity contribution in [2.45, 2.75) is 97.5 Å². The molecule has 4 aliphatic carbocycles. The predicted molar refractivity (Wildman–Crippen MR) is 129 cm³/mol. The molecule has 0 bridgehead atoms. The largest absolute Gasteiger partial charge is 0.457 e. The molecule has 4 aliphatic rings. The van der Waals surface area contributed by atoms with Gasteiger partial charge in [-0.15, -0.1) is 0 Å². The molecule has 4 heteroatoms. The van der Waals surface area contributed by atoms with Crippen LogP contribution in [0.3, 0.4) is 0 Å². The fourth-order valence-corrected chi connectivity index (χ4v) is 7.97. The van der Waals surface area contributed by atoms with E-state index in [4.69, 9.17) is 4.74 Å². The second-order valence-corrected chi connectivity index (χ2v) is 11.6. The highest BCUT2D eigenvalue weighted by molar-refractivity contribution is 5.91. The van der Waals surface area contributed by atoms with Crippen molar-refractivity contribution in [1.82, 2.24) is 4.98 Å². The average molecular weight is 450 g/mol. The normalized spacial score (nSPS) is 37.5. The standard InChI is InChI=1S/C29H39NO3/c1-4-5-6-19-7-11-25(30-18-19)27(32)33-26-12-10-23-22-9-8-20-17-21(31)13-15-28(20,2)24(22)14-16-29(23,26)3/h7,11,17-18,22-24,26H,4-6,8-10,12-16H2,1-3H3/t22-,23-,24-,26-,28-,29-/m0/s1. The van der Waals surface area contributed by atoms with Gasteiger partial charge < -0.3 is 4.74 Å². The Hall–Kier alpha value is -1.97. The molecule has 1 heterocycles. The molecule has 0 aliphatic heterocycles. The summed E-state index contributed by atoms with van der Waals surface area (Å²) in [6.45, 7) is 6.98. The van der Waals surface area contributed by atoms with Crippen molar-refractivity contribution in [3.8, 4) is 0 Å². The Bertz CT molecular complexity index is 950. The first-order chi connectivity index (χ1) is 15.8. The zero-order valence-electron chi connectivity index (χ0n) is 20.6. The van der Waals surface area contributed by atoms with Crippen LogP contribution in [0.25, 0.3) is 0 Å². The van der Waals surface area contributed by atoms with E-state index in [1.165, 1.54) is 24.0 Å². The van der Waals surface area contributed by atoms with Crippen LogP contribution < -0.4 is 0 Å². The van der Waals surface area contributed by atoms with E-state index >= 15 is 0 Å². The number of hydrogen-bond donors (Lipinski definition) is 0. The molecule has 0 saturated heterocycles. The van der Waals surface area contributed by atoms with Gasteiger partial charge in [0.25, 0.3) is 0 Å². The number of aromatic nitrogens is 1. The van der Waals surface area contributed by atoms with E-state index in [1.54, 1.807) is 0 Å². The second kappa shape index (κ2) is 8.67. The first kappa shape index (κ1) is 22.8. The summed E-state index contributed by atoms with van der Waals surface area (Å²) in [4.78, 5) is 29.4. The van der Waals surface area contributed by atoms with E-state index in [0.29, 0.717) is 35.7 Å². The highest BCUT2D eigenvalue weighted by Gasteiger charge is 2.60. The maximum absolute atomic E-state index is 13.0. The summed E-state index contributed by atoms with van der Waals surface area (Å²) in [6.07, 6.45) is 15.5. The smallest absolute Gasteiger partial charge is 0.357 e. The van der Waals surface area contributed by atoms with Crippen LogP contribution in [0.5, 0.6) is 0 Å². The van der Waals surface area contributed by atoms with Crippen molar-refractivity contribution in [2.75, 3.05) is 0 Å². The van der Waals surface area contributed by atoms with Gasteiger partial charge in [-0.05, 0) is 98.7 Å². The second-order valence-electron chi connectivity index (χ2n) is 11.6. The Kier molecular flexibility index (Phi) is 5.99. The van der Waals surface area contributed by atoms with Gasteiger partial charge in [-0.25, -0.2) is 9.78 Å². The van der Waals surface area contributed by atoms with Crippen LogP contribution in [0.1, 0.15) is 101 Å². The fraction of sp³-hybridized carbons (Fsp3) is 0.690. The van der Waals surface area contributed by atoms with Crippen molar-refractivity contribution < 1.29 is 14.3 Å². The number of carbonyl (C=O) groups is 2. The lowest BCUT2D eigenvalue weighted by molar-refractivity contribution is -0.118. The van der Waals surface area contributed by atoms with E-state index < -0.39 is 0 Å². The molecule has 33 heavy (non-hydrogen) atoms. The zero-order chi connectivity index (χ0) is 23.2.